The fraction of sp³-hybridized carbons (Fsp3) is 0.105. The first-order chi connectivity index (χ1) is 13.3. The maximum Gasteiger partial charge on any atom is 0.414 e. The van der Waals surface area contributed by atoms with Gasteiger partial charge in [0, 0.05) is 28.1 Å². The van der Waals surface area contributed by atoms with Gasteiger partial charge in [-0.1, -0.05) is 40.2 Å². The second-order valence-electron chi connectivity index (χ2n) is 5.52. The number of rotatable bonds is 6. The molecule has 0 spiro atoms. The van der Waals surface area contributed by atoms with Crippen LogP contribution in [0.4, 0.5) is 4.79 Å². The monoisotopic (exact) mass is 511 g/mol. The molecule has 0 unspecified atom stereocenters. The number of carbonyl (C=O) groups is 3. The van der Waals surface area contributed by atoms with Crippen molar-refractivity contribution in [1.82, 2.24) is 5.32 Å². The molecule has 0 heterocycles. The first-order valence-corrected chi connectivity index (χ1v) is 9.51. The van der Waals surface area contributed by atoms with Crippen LogP contribution in [0.15, 0.2) is 63.6 Å². The lowest BCUT2D eigenvalue weighted by Gasteiger charge is -2.19. The fourth-order valence-corrected chi connectivity index (χ4v) is 3.53. The number of phenols is 1. The number of carboxylic acid groups (broad SMARTS) is 1. The second kappa shape index (κ2) is 10.0. The van der Waals surface area contributed by atoms with E-state index in [1.54, 1.807) is 24.3 Å². The van der Waals surface area contributed by atoms with E-state index in [4.69, 9.17) is 9.84 Å². The summed E-state index contributed by atoms with van der Waals surface area (Å²) in [4.78, 5) is 35.0. The van der Waals surface area contributed by atoms with Crippen molar-refractivity contribution in [2.24, 2.45) is 0 Å². The summed E-state index contributed by atoms with van der Waals surface area (Å²) in [6.45, 7) is 0. The molecule has 9 heteroatoms. The van der Waals surface area contributed by atoms with Gasteiger partial charge in [0.25, 0.3) is 5.91 Å². The maximum absolute atomic E-state index is 12.2. The van der Waals surface area contributed by atoms with Crippen LogP contribution >= 0.6 is 31.9 Å². The molecule has 0 aliphatic carbocycles. The number of hydrogen-bond donors (Lipinski definition) is 3. The second-order valence-corrected chi connectivity index (χ2v) is 7.29. The first kappa shape index (κ1) is 21.6. The van der Waals surface area contributed by atoms with Gasteiger partial charge in [0.05, 0.1) is 4.47 Å². The summed E-state index contributed by atoms with van der Waals surface area (Å²) in [6, 6.07) is 11.2. The highest BCUT2D eigenvalue weighted by Crippen LogP contribution is 2.38. The lowest BCUT2D eigenvalue weighted by atomic mass is 10.0. The van der Waals surface area contributed by atoms with Crippen LogP contribution in [0.2, 0.25) is 0 Å². The minimum atomic E-state index is -1.16. The summed E-state index contributed by atoms with van der Waals surface area (Å²) >= 11 is 6.47. The summed E-state index contributed by atoms with van der Waals surface area (Å²) in [5, 5.41) is 21.1. The van der Waals surface area contributed by atoms with Crippen molar-refractivity contribution in [3.05, 3.63) is 74.7 Å². The van der Waals surface area contributed by atoms with Gasteiger partial charge in [-0.3, -0.25) is 10.1 Å². The van der Waals surface area contributed by atoms with Crippen LogP contribution in [0.1, 0.15) is 28.4 Å². The highest BCUT2D eigenvalue weighted by atomic mass is 79.9. The van der Waals surface area contributed by atoms with E-state index in [2.05, 4.69) is 37.2 Å². The van der Waals surface area contributed by atoms with Crippen LogP contribution < -0.4 is 5.32 Å². The fourth-order valence-electron chi connectivity index (χ4n) is 2.28. The van der Waals surface area contributed by atoms with Crippen LogP contribution in [0, 0.1) is 0 Å². The van der Waals surface area contributed by atoms with E-state index in [0.717, 1.165) is 6.08 Å². The summed E-state index contributed by atoms with van der Waals surface area (Å²) < 4.78 is 6.24. The van der Waals surface area contributed by atoms with Gasteiger partial charge in [0.2, 0.25) is 0 Å². The van der Waals surface area contributed by atoms with Crippen LogP contribution in [0.25, 0.3) is 0 Å². The number of aromatic hydroxyl groups is 1. The predicted molar refractivity (Wildman–Crippen MR) is 108 cm³/mol. The summed E-state index contributed by atoms with van der Waals surface area (Å²) in [5.41, 5.74) is 0.508. The Morgan fingerprint density at radius 2 is 1.82 bits per heavy atom. The molecule has 2 aromatic carbocycles. The average molecular weight is 513 g/mol. The minimum Gasteiger partial charge on any atom is -0.506 e. The molecule has 146 valence electrons. The smallest absolute Gasteiger partial charge is 0.414 e. The molecular formula is C19H15Br2NO6. The predicted octanol–water partition coefficient (Wildman–Crippen LogP) is 4.56. The van der Waals surface area contributed by atoms with E-state index < -0.39 is 24.1 Å². The normalized spacial score (nSPS) is 11.8. The van der Waals surface area contributed by atoms with Gasteiger partial charge in [0.15, 0.2) is 0 Å². The zero-order valence-electron chi connectivity index (χ0n) is 14.3. The molecule has 0 saturated heterocycles. The molecule has 7 nitrogen and oxygen atoms in total. The minimum absolute atomic E-state index is 0.0320. The number of aliphatic carboxylic acids is 1. The van der Waals surface area contributed by atoms with Crippen molar-refractivity contribution < 1.29 is 29.3 Å². The van der Waals surface area contributed by atoms with Gasteiger partial charge in [0.1, 0.15) is 11.9 Å². The van der Waals surface area contributed by atoms with Crippen LogP contribution in [0.3, 0.4) is 0 Å². The van der Waals surface area contributed by atoms with Crippen LogP contribution in [-0.2, 0) is 9.53 Å². The molecule has 0 aliphatic rings. The van der Waals surface area contributed by atoms with Crippen molar-refractivity contribution in [2.75, 3.05) is 0 Å². The van der Waals surface area contributed by atoms with Crippen molar-refractivity contribution in [3.8, 4) is 5.75 Å². The van der Waals surface area contributed by atoms with Gasteiger partial charge >= 0.3 is 12.1 Å². The van der Waals surface area contributed by atoms with Crippen molar-refractivity contribution in [3.63, 3.8) is 0 Å². The van der Waals surface area contributed by atoms with Crippen molar-refractivity contribution in [2.45, 2.75) is 12.5 Å². The summed E-state index contributed by atoms with van der Waals surface area (Å²) in [6.07, 6.45) is 0.0857. The molecular weight excluding hydrogens is 498 g/mol. The number of alkyl carbamates (subject to hydrolysis) is 1. The lowest BCUT2D eigenvalue weighted by Crippen LogP contribution is -2.32. The van der Waals surface area contributed by atoms with E-state index in [1.165, 1.54) is 24.3 Å². The molecule has 0 bridgehead atoms. The van der Waals surface area contributed by atoms with Gasteiger partial charge in [-0.05, 0) is 40.2 Å². The van der Waals surface area contributed by atoms with Crippen molar-refractivity contribution in [1.29, 1.82) is 0 Å². The number of nitrogens with one attached hydrogen (secondary N) is 1. The third kappa shape index (κ3) is 6.21. The van der Waals surface area contributed by atoms with E-state index in [9.17, 15) is 19.5 Å². The zero-order valence-corrected chi connectivity index (χ0v) is 17.4. The Labute approximate surface area is 177 Å². The Balaban J connectivity index is 2.21. The SMILES string of the molecule is O=C(O)/C=C/C[C@@H](OC(=O)NC(=O)c1ccccc1)c1cc(Br)cc(Br)c1O. The molecule has 0 saturated carbocycles. The maximum atomic E-state index is 12.2. The third-order valence-electron chi connectivity index (χ3n) is 3.52. The van der Waals surface area contributed by atoms with Crippen LogP contribution in [-0.4, -0.2) is 28.2 Å². The van der Waals surface area contributed by atoms with Gasteiger partial charge in [-0.2, -0.15) is 0 Å². The Bertz CT molecular complexity index is 914. The van der Waals surface area contributed by atoms with Gasteiger partial charge in [-0.25, -0.2) is 9.59 Å². The number of amides is 2. The summed E-state index contributed by atoms with van der Waals surface area (Å²) in [5.74, 6) is -1.98. The molecule has 2 rings (SSSR count). The Hall–Kier alpha value is -2.65. The quantitative estimate of drug-likeness (QED) is 0.489. The van der Waals surface area contributed by atoms with Gasteiger partial charge < -0.3 is 14.9 Å². The number of carboxylic acids is 1. The van der Waals surface area contributed by atoms with E-state index in [0.29, 0.717) is 8.95 Å². The Kier molecular flexibility index (Phi) is 7.77. The zero-order chi connectivity index (χ0) is 20.7. The summed E-state index contributed by atoms with van der Waals surface area (Å²) in [7, 11) is 0. The third-order valence-corrected chi connectivity index (χ3v) is 4.58. The van der Waals surface area contributed by atoms with Crippen LogP contribution in [0.5, 0.6) is 5.75 Å². The molecule has 3 N–H and O–H groups in total. The standard InChI is InChI=1S/C19H15Br2NO6/c20-12-9-13(17(25)14(21)10-12)15(7-4-8-16(23)24)28-19(27)22-18(26)11-5-2-1-3-6-11/h1-6,8-10,15,25H,7H2,(H,23,24)(H,22,26,27)/b8-4+/t15-/m1/s1. The number of phenolic OH excluding ortho intramolecular Hbond substituents is 1. The Morgan fingerprint density at radius 3 is 2.46 bits per heavy atom. The Morgan fingerprint density at radius 1 is 1.14 bits per heavy atom. The molecule has 2 aromatic rings. The number of benzene rings is 2. The molecule has 0 aromatic heterocycles. The lowest BCUT2D eigenvalue weighted by molar-refractivity contribution is -0.131. The van der Waals surface area contributed by atoms with E-state index >= 15 is 0 Å². The molecule has 1 atom stereocenters. The number of carbonyl (C=O) groups excluding carboxylic acids is 2. The van der Waals surface area contributed by atoms with E-state index in [1.807, 2.05) is 0 Å². The highest BCUT2D eigenvalue weighted by Gasteiger charge is 2.22. The number of imide groups is 1. The largest absolute Gasteiger partial charge is 0.506 e. The number of halogens is 2. The molecule has 0 radical (unpaired) electrons. The van der Waals surface area contributed by atoms with E-state index in [-0.39, 0.29) is 23.3 Å². The average Bonchev–Trinajstić information content (AvgIpc) is 2.64. The molecule has 0 aliphatic heterocycles. The topological polar surface area (TPSA) is 113 Å². The molecule has 0 fully saturated rings. The first-order valence-electron chi connectivity index (χ1n) is 7.92. The molecule has 2 amide bonds. The molecule has 28 heavy (non-hydrogen) atoms. The highest BCUT2D eigenvalue weighted by molar-refractivity contribution is 9.11. The number of ether oxygens (including phenoxy) is 1. The van der Waals surface area contributed by atoms with Crippen molar-refractivity contribution >= 4 is 49.8 Å². The van der Waals surface area contributed by atoms with Gasteiger partial charge in [-0.15, -0.1) is 0 Å². The number of hydrogen-bond acceptors (Lipinski definition) is 5.